The van der Waals surface area contributed by atoms with Gasteiger partial charge in [0.25, 0.3) is 0 Å². The molecule has 0 heterocycles. The average molecular weight is 329 g/mol. The predicted octanol–water partition coefficient (Wildman–Crippen LogP) is 0.984. The molecule has 3 rings (SSSR count). The Morgan fingerprint density at radius 1 is 1.33 bits per heavy atom. The van der Waals surface area contributed by atoms with Crippen LogP contribution in [0.4, 0.5) is 0 Å². The van der Waals surface area contributed by atoms with Gasteiger partial charge in [0.1, 0.15) is 6.10 Å². The number of rotatable bonds is 5. The van der Waals surface area contributed by atoms with Crippen LogP contribution in [0.15, 0.2) is 41.6 Å². The van der Waals surface area contributed by atoms with Crippen molar-refractivity contribution in [3.05, 3.63) is 47.2 Å². The molecule has 126 valence electrons. The van der Waals surface area contributed by atoms with Crippen LogP contribution in [-0.4, -0.2) is 34.0 Å². The first kappa shape index (κ1) is 16.5. The second-order valence-electron chi connectivity index (χ2n) is 6.00. The number of carboxylic acid groups (broad SMARTS) is 1. The molecule has 6 heteroatoms. The topological polar surface area (TPSA) is 99.0 Å². The molecule has 1 saturated carbocycles. The third-order valence-electron chi connectivity index (χ3n) is 4.43. The van der Waals surface area contributed by atoms with E-state index >= 15 is 0 Å². The van der Waals surface area contributed by atoms with E-state index in [2.05, 4.69) is 17.3 Å². The molecular weight excluding hydrogens is 310 g/mol. The molecule has 0 amide bonds. The van der Waals surface area contributed by atoms with Crippen molar-refractivity contribution in [3.8, 4) is 11.8 Å². The fourth-order valence-corrected chi connectivity index (χ4v) is 3.19. The second kappa shape index (κ2) is 7.05. The summed E-state index contributed by atoms with van der Waals surface area (Å²) in [7, 11) is 0. The Morgan fingerprint density at radius 3 is 2.79 bits per heavy atom. The molecule has 0 radical (unpaired) electrons. The molecule has 0 aromatic heterocycles. The zero-order chi connectivity index (χ0) is 17.1. The number of benzene rings is 1. The Balaban J connectivity index is 1.62. The molecule has 2 aliphatic rings. The van der Waals surface area contributed by atoms with Crippen molar-refractivity contribution < 1.29 is 25.0 Å². The minimum absolute atomic E-state index is 0.131. The van der Waals surface area contributed by atoms with Gasteiger partial charge in [-0.15, -0.1) is 0 Å². The predicted molar refractivity (Wildman–Crippen MR) is 85.1 cm³/mol. The third kappa shape index (κ3) is 3.44. The van der Waals surface area contributed by atoms with Crippen molar-refractivity contribution in [2.45, 2.75) is 25.0 Å². The van der Waals surface area contributed by atoms with Crippen molar-refractivity contribution in [2.24, 2.45) is 11.8 Å². The van der Waals surface area contributed by atoms with Crippen LogP contribution in [0.3, 0.4) is 0 Å². The Morgan fingerprint density at radius 2 is 2.08 bits per heavy atom. The number of hydrogen-bond donors (Lipinski definition) is 4. The molecule has 24 heavy (non-hydrogen) atoms. The molecule has 1 aromatic rings. The summed E-state index contributed by atoms with van der Waals surface area (Å²) in [6, 6.07) is 9.16. The van der Waals surface area contributed by atoms with E-state index in [1.165, 1.54) is 0 Å². The Bertz CT molecular complexity index is 703. The lowest BCUT2D eigenvalue weighted by Gasteiger charge is -2.30. The van der Waals surface area contributed by atoms with E-state index in [-0.39, 0.29) is 11.8 Å². The van der Waals surface area contributed by atoms with Gasteiger partial charge in [0.15, 0.2) is 6.61 Å². The Labute approximate surface area is 139 Å². The highest BCUT2D eigenvalue weighted by molar-refractivity contribution is 5.67. The molecule has 2 aliphatic carbocycles. The third-order valence-corrected chi connectivity index (χ3v) is 4.43. The van der Waals surface area contributed by atoms with Gasteiger partial charge in [-0.25, -0.2) is 4.79 Å². The molecule has 1 fully saturated rings. The maximum atomic E-state index is 10.4. The van der Waals surface area contributed by atoms with E-state index in [1.54, 1.807) is 12.1 Å². The summed E-state index contributed by atoms with van der Waals surface area (Å²) in [5.74, 6) is 4.70. The molecule has 6 nitrogen and oxygen atoms in total. The largest absolute Gasteiger partial charge is 0.479 e. The monoisotopic (exact) mass is 329 g/mol. The number of nitrogens with one attached hydrogen (secondary N) is 1. The van der Waals surface area contributed by atoms with Gasteiger partial charge in [-0.3, -0.25) is 10.3 Å². The van der Waals surface area contributed by atoms with Crippen molar-refractivity contribution in [1.82, 2.24) is 5.48 Å². The number of carboxylic acids is 1. The van der Waals surface area contributed by atoms with E-state index in [0.29, 0.717) is 12.8 Å². The summed E-state index contributed by atoms with van der Waals surface area (Å²) >= 11 is 0. The van der Waals surface area contributed by atoms with E-state index < -0.39 is 24.8 Å². The molecule has 0 saturated heterocycles. The van der Waals surface area contributed by atoms with E-state index in [0.717, 1.165) is 16.8 Å². The van der Waals surface area contributed by atoms with Crippen molar-refractivity contribution >= 4 is 5.97 Å². The highest BCUT2D eigenvalue weighted by Crippen LogP contribution is 2.48. The standard InChI is InChI=1S/C18H19NO5/c20-16(11-4-2-1-3-5-11)7-6-12-13-8-15(14(13)9-17(12)21)19-24-10-18(22)23/h1-5,12-13,16-17,19-21H,8-10H2,(H,22,23). The first-order chi connectivity index (χ1) is 11.6. The highest BCUT2D eigenvalue weighted by atomic mass is 16.7. The van der Waals surface area contributed by atoms with Crippen LogP contribution >= 0.6 is 0 Å². The quantitative estimate of drug-likeness (QED) is 0.475. The van der Waals surface area contributed by atoms with Gasteiger partial charge < -0.3 is 15.3 Å². The number of aliphatic hydroxyl groups is 2. The summed E-state index contributed by atoms with van der Waals surface area (Å²) < 4.78 is 0. The average Bonchev–Trinajstić information content (AvgIpc) is 2.81. The van der Waals surface area contributed by atoms with Crippen molar-refractivity contribution in [1.29, 1.82) is 0 Å². The molecule has 4 N–H and O–H groups in total. The SMILES string of the molecule is O=C(O)CONC1=C2CC(O)C(C#CC(O)c3ccccc3)C2C1. The molecule has 1 aromatic carbocycles. The summed E-state index contributed by atoms with van der Waals surface area (Å²) in [6.07, 6.45) is -0.306. The maximum absolute atomic E-state index is 10.4. The zero-order valence-electron chi connectivity index (χ0n) is 13.0. The molecule has 0 spiro atoms. The number of aliphatic hydroxyl groups excluding tert-OH is 2. The van der Waals surface area contributed by atoms with Gasteiger partial charge >= 0.3 is 5.97 Å². The molecule has 4 atom stereocenters. The molecule has 0 bridgehead atoms. The first-order valence-electron chi connectivity index (χ1n) is 7.80. The fraction of sp³-hybridized carbons (Fsp3) is 0.389. The normalized spacial score (nSPS) is 26.0. The van der Waals surface area contributed by atoms with E-state index in [4.69, 9.17) is 9.94 Å². The highest BCUT2D eigenvalue weighted by Gasteiger charge is 2.45. The lowest BCUT2D eigenvalue weighted by Crippen LogP contribution is -2.30. The van der Waals surface area contributed by atoms with Gasteiger partial charge in [-0.2, -0.15) is 0 Å². The number of carbonyl (C=O) groups is 1. The van der Waals surface area contributed by atoms with Crippen molar-refractivity contribution in [2.75, 3.05) is 6.61 Å². The van der Waals surface area contributed by atoms with Crippen LogP contribution in [0.1, 0.15) is 24.5 Å². The number of allylic oxidation sites excluding steroid dienone is 1. The van der Waals surface area contributed by atoms with E-state index in [1.807, 2.05) is 18.2 Å². The maximum Gasteiger partial charge on any atom is 0.332 e. The number of fused-ring (bicyclic) bond motifs is 1. The summed E-state index contributed by atoms with van der Waals surface area (Å²) in [5, 5.41) is 28.8. The Kier molecular flexibility index (Phi) is 4.86. The summed E-state index contributed by atoms with van der Waals surface area (Å²) in [4.78, 5) is 15.3. The summed E-state index contributed by atoms with van der Waals surface area (Å²) in [6.45, 7) is -0.420. The lowest BCUT2D eigenvalue weighted by atomic mass is 9.79. The second-order valence-corrected chi connectivity index (χ2v) is 6.00. The number of hydrogen-bond acceptors (Lipinski definition) is 5. The van der Waals surface area contributed by atoms with Gasteiger partial charge in [0, 0.05) is 11.6 Å². The first-order valence-corrected chi connectivity index (χ1v) is 7.80. The van der Waals surface area contributed by atoms with Crippen LogP contribution in [0.25, 0.3) is 0 Å². The smallest absolute Gasteiger partial charge is 0.332 e. The van der Waals surface area contributed by atoms with Crippen LogP contribution in [-0.2, 0) is 9.63 Å². The summed E-state index contributed by atoms with van der Waals surface area (Å²) in [5.41, 5.74) is 5.23. The van der Waals surface area contributed by atoms with E-state index in [9.17, 15) is 15.0 Å². The van der Waals surface area contributed by atoms with Gasteiger partial charge in [-0.1, -0.05) is 42.2 Å². The van der Waals surface area contributed by atoms with Crippen LogP contribution < -0.4 is 5.48 Å². The molecular formula is C18H19NO5. The zero-order valence-corrected chi connectivity index (χ0v) is 13.0. The minimum atomic E-state index is -1.05. The van der Waals surface area contributed by atoms with Crippen molar-refractivity contribution in [3.63, 3.8) is 0 Å². The van der Waals surface area contributed by atoms with Gasteiger partial charge in [0.2, 0.25) is 0 Å². The fourth-order valence-electron chi connectivity index (χ4n) is 3.19. The lowest BCUT2D eigenvalue weighted by molar-refractivity contribution is -0.144. The molecule has 4 unspecified atom stereocenters. The van der Waals surface area contributed by atoms with Crippen LogP contribution in [0, 0.1) is 23.7 Å². The van der Waals surface area contributed by atoms with Crippen LogP contribution in [0.5, 0.6) is 0 Å². The molecule has 0 aliphatic heterocycles. The number of hydroxylamine groups is 1. The van der Waals surface area contributed by atoms with Gasteiger partial charge in [-0.05, 0) is 24.0 Å². The van der Waals surface area contributed by atoms with Crippen LogP contribution in [0.2, 0.25) is 0 Å². The number of aliphatic carboxylic acids is 1. The van der Waals surface area contributed by atoms with Gasteiger partial charge in [0.05, 0.1) is 12.0 Å². The minimum Gasteiger partial charge on any atom is -0.479 e. The Hall–Kier alpha value is -2.33.